The van der Waals surface area contributed by atoms with Crippen molar-refractivity contribution in [2.75, 3.05) is 14.2 Å². The topological polar surface area (TPSA) is 171 Å². The molecule has 2 aliphatic rings. The zero-order valence-corrected chi connectivity index (χ0v) is 23.1. The minimum atomic E-state index is -1.32. The molecule has 4 aromatic carbocycles. The van der Waals surface area contributed by atoms with Crippen molar-refractivity contribution in [2.24, 2.45) is 0 Å². The first kappa shape index (κ1) is 27.1. The molecule has 0 saturated heterocycles. The summed E-state index contributed by atoms with van der Waals surface area (Å²) >= 11 is 0. The summed E-state index contributed by atoms with van der Waals surface area (Å²) < 4.78 is 10.8. The Labute approximate surface area is 238 Å². The number of phenols is 4. The fourth-order valence-corrected chi connectivity index (χ4v) is 6.30. The number of Topliss-reactive ketones (excluding diaryl/α,β-unsaturated/α-hetero) is 2. The standard InChI is InChI=1S/C32H26O10/c1-12-5-15-23(16(33)6-12)31(39)25-17(34)9-20(42-4)28(36)27(25)24(15)26-19(41-3)8-13-7-14-10-32(2,40)11-18(35)21(14)29(37)22(13)30(26)38/h5-9,33,37-40H,10-11H2,1-4H3/t32-/m0/s1. The average Bonchev–Trinajstić information content (AvgIpc) is 2.89. The van der Waals surface area contributed by atoms with Gasteiger partial charge in [-0.25, -0.2) is 0 Å². The van der Waals surface area contributed by atoms with E-state index in [1.165, 1.54) is 33.3 Å². The van der Waals surface area contributed by atoms with Crippen LogP contribution in [0, 0.1) is 6.92 Å². The van der Waals surface area contributed by atoms with Crippen molar-refractivity contribution in [1.82, 2.24) is 0 Å². The van der Waals surface area contributed by atoms with Gasteiger partial charge in [0.1, 0.15) is 28.7 Å². The van der Waals surface area contributed by atoms with Gasteiger partial charge in [0.05, 0.1) is 47.3 Å². The lowest BCUT2D eigenvalue weighted by Crippen LogP contribution is -2.35. The molecule has 42 heavy (non-hydrogen) atoms. The van der Waals surface area contributed by atoms with Gasteiger partial charge in [-0.05, 0) is 53.9 Å². The molecule has 4 aromatic rings. The molecule has 214 valence electrons. The zero-order chi connectivity index (χ0) is 30.4. The number of hydrogen-bond acceptors (Lipinski definition) is 10. The number of rotatable bonds is 3. The van der Waals surface area contributed by atoms with Crippen LogP contribution in [0.1, 0.15) is 55.5 Å². The van der Waals surface area contributed by atoms with Gasteiger partial charge < -0.3 is 35.0 Å². The van der Waals surface area contributed by atoms with Gasteiger partial charge in [0.25, 0.3) is 0 Å². The summed E-state index contributed by atoms with van der Waals surface area (Å²) in [6, 6.07) is 6.00. The lowest BCUT2D eigenvalue weighted by molar-refractivity contribution is 0.0409. The minimum Gasteiger partial charge on any atom is -0.507 e. The van der Waals surface area contributed by atoms with Gasteiger partial charge in [0, 0.05) is 30.0 Å². The Morgan fingerprint density at radius 3 is 2.10 bits per heavy atom. The summed E-state index contributed by atoms with van der Waals surface area (Å²) in [5.41, 5.74) is -1.32. The highest BCUT2D eigenvalue weighted by atomic mass is 16.5. The van der Waals surface area contributed by atoms with Crippen molar-refractivity contribution in [2.45, 2.75) is 32.3 Å². The second-order valence-electron chi connectivity index (χ2n) is 11.0. The van der Waals surface area contributed by atoms with Crippen LogP contribution in [0.2, 0.25) is 0 Å². The molecule has 0 unspecified atom stereocenters. The third-order valence-corrected chi connectivity index (χ3v) is 7.97. The van der Waals surface area contributed by atoms with E-state index < -0.39 is 45.8 Å². The van der Waals surface area contributed by atoms with Crippen LogP contribution in [0.25, 0.3) is 32.7 Å². The van der Waals surface area contributed by atoms with Crippen molar-refractivity contribution >= 4 is 38.9 Å². The number of carbonyl (C=O) groups is 3. The summed E-state index contributed by atoms with van der Waals surface area (Å²) in [5.74, 6) is -4.41. The predicted octanol–water partition coefficient (Wildman–Crippen LogP) is 4.59. The van der Waals surface area contributed by atoms with Crippen LogP contribution in [0.5, 0.6) is 28.7 Å². The van der Waals surface area contributed by atoms with Crippen LogP contribution < -0.4 is 4.74 Å². The number of ketones is 3. The maximum absolute atomic E-state index is 13.7. The van der Waals surface area contributed by atoms with Crippen molar-refractivity contribution in [3.05, 3.63) is 63.9 Å². The van der Waals surface area contributed by atoms with Crippen molar-refractivity contribution in [1.29, 1.82) is 0 Å². The molecule has 0 radical (unpaired) electrons. The van der Waals surface area contributed by atoms with E-state index >= 15 is 0 Å². The smallest absolute Gasteiger partial charge is 0.229 e. The van der Waals surface area contributed by atoms with E-state index in [4.69, 9.17) is 9.47 Å². The lowest BCUT2D eigenvalue weighted by atomic mass is 9.78. The van der Waals surface area contributed by atoms with Gasteiger partial charge in [0.15, 0.2) is 17.3 Å². The number of ether oxygens (including phenoxy) is 2. The Kier molecular flexibility index (Phi) is 5.78. The third-order valence-electron chi connectivity index (χ3n) is 7.97. The van der Waals surface area contributed by atoms with E-state index in [2.05, 4.69) is 0 Å². The summed E-state index contributed by atoms with van der Waals surface area (Å²) in [7, 11) is 2.53. The molecule has 0 heterocycles. The van der Waals surface area contributed by atoms with E-state index in [0.717, 1.165) is 6.08 Å². The first-order valence-corrected chi connectivity index (χ1v) is 13.0. The summed E-state index contributed by atoms with van der Waals surface area (Å²) in [6.45, 7) is 3.19. The Hall–Kier alpha value is -5.09. The molecule has 10 nitrogen and oxygen atoms in total. The van der Waals surface area contributed by atoms with Gasteiger partial charge >= 0.3 is 0 Å². The molecule has 0 saturated carbocycles. The van der Waals surface area contributed by atoms with Gasteiger partial charge in [-0.3, -0.25) is 14.4 Å². The number of allylic oxidation sites excluding steroid dienone is 2. The number of aliphatic hydroxyl groups is 1. The van der Waals surface area contributed by atoms with Crippen LogP contribution >= 0.6 is 0 Å². The quantitative estimate of drug-likeness (QED) is 0.235. The third kappa shape index (κ3) is 3.65. The van der Waals surface area contributed by atoms with E-state index in [0.29, 0.717) is 11.1 Å². The molecule has 2 aliphatic carbocycles. The maximum atomic E-state index is 13.7. The van der Waals surface area contributed by atoms with Crippen molar-refractivity contribution < 1.29 is 49.4 Å². The average molecular weight is 571 g/mol. The Morgan fingerprint density at radius 1 is 0.762 bits per heavy atom. The number of fused-ring (bicyclic) bond motifs is 4. The highest BCUT2D eigenvalue weighted by Gasteiger charge is 2.39. The number of benzene rings is 4. The lowest BCUT2D eigenvalue weighted by Gasteiger charge is -2.30. The Bertz CT molecular complexity index is 1980. The number of phenolic OH excluding ortho intramolecular Hbond substituents is 4. The molecule has 5 N–H and O–H groups in total. The van der Waals surface area contributed by atoms with E-state index in [1.807, 2.05) is 0 Å². The number of carbonyl (C=O) groups excluding carboxylic acids is 3. The molecule has 1 atom stereocenters. The number of hydrogen-bond donors (Lipinski definition) is 5. The first-order chi connectivity index (χ1) is 19.8. The van der Waals surface area contributed by atoms with Crippen molar-refractivity contribution in [3.63, 3.8) is 0 Å². The molecule has 0 bridgehead atoms. The van der Waals surface area contributed by atoms with Gasteiger partial charge in [-0.2, -0.15) is 0 Å². The normalized spacial score (nSPS) is 18.2. The fourth-order valence-electron chi connectivity index (χ4n) is 6.30. The zero-order valence-electron chi connectivity index (χ0n) is 23.1. The van der Waals surface area contributed by atoms with E-state index in [1.54, 1.807) is 19.1 Å². The Morgan fingerprint density at radius 2 is 1.43 bits per heavy atom. The molecule has 10 heteroatoms. The van der Waals surface area contributed by atoms with Crippen LogP contribution in [0.3, 0.4) is 0 Å². The fraction of sp³-hybridized carbons (Fsp3) is 0.219. The summed E-state index contributed by atoms with van der Waals surface area (Å²) in [4.78, 5) is 40.0. The van der Waals surface area contributed by atoms with E-state index in [9.17, 15) is 39.9 Å². The molecule has 6 rings (SSSR count). The molecular weight excluding hydrogens is 544 g/mol. The van der Waals surface area contributed by atoms with Gasteiger partial charge in [0.2, 0.25) is 5.78 Å². The first-order valence-electron chi connectivity index (χ1n) is 13.0. The van der Waals surface area contributed by atoms with Crippen LogP contribution in [0.4, 0.5) is 0 Å². The number of methoxy groups -OCH3 is 2. The highest BCUT2D eigenvalue weighted by molar-refractivity contribution is 6.32. The van der Waals surface area contributed by atoms with Crippen LogP contribution in [0.15, 0.2) is 36.1 Å². The molecule has 0 amide bonds. The molecular formula is C32H26O10. The Balaban J connectivity index is 1.83. The summed E-state index contributed by atoms with van der Waals surface area (Å²) in [6.07, 6.45) is 0.779. The van der Waals surface area contributed by atoms with Crippen molar-refractivity contribution in [3.8, 4) is 39.9 Å². The van der Waals surface area contributed by atoms with E-state index in [-0.39, 0.29) is 73.9 Å². The highest BCUT2D eigenvalue weighted by Crippen LogP contribution is 2.54. The monoisotopic (exact) mass is 570 g/mol. The molecule has 0 spiro atoms. The molecule has 0 aromatic heterocycles. The molecule has 0 fully saturated rings. The van der Waals surface area contributed by atoms with Crippen LogP contribution in [-0.4, -0.2) is 62.7 Å². The van der Waals surface area contributed by atoms with Gasteiger partial charge in [-0.15, -0.1) is 0 Å². The summed E-state index contributed by atoms with van der Waals surface area (Å²) in [5, 5.41) is 56.0. The maximum Gasteiger partial charge on any atom is 0.229 e. The number of aromatic hydroxyl groups is 4. The van der Waals surface area contributed by atoms with Gasteiger partial charge in [-0.1, -0.05) is 6.07 Å². The predicted molar refractivity (Wildman–Crippen MR) is 152 cm³/mol. The largest absolute Gasteiger partial charge is 0.507 e. The second kappa shape index (κ2) is 8.95. The number of aryl methyl sites for hydroxylation is 1. The second-order valence-corrected chi connectivity index (χ2v) is 11.0. The SMILES string of the molecule is COC1=CC(=O)c2c(c(-c3c(OC)cc4cc5c(c(O)c4c3O)C(=O)C[C@@](C)(O)C5)c3cc(C)cc(O)c3c2O)C1=O. The minimum absolute atomic E-state index is 0.0252. The molecule has 0 aliphatic heterocycles. The van der Waals surface area contributed by atoms with Crippen LogP contribution in [-0.2, 0) is 11.2 Å².